The van der Waals surface area contributed by atoms with Crippen LogP contribution in [-0.4, -0.2) is 21.9 Å². The molecule has 2 heterocycles. The molecule has 0 saturated heterocycles. The van der Waals surface area contributed by atoms with Crippen molar-refractivity contribution in [2.24, 2.45) is 0 Å². The van der Waals surface area contributed by atoms with Gasteiger partial charge in [-0.15, -0.1) is 11.3 Å². The van der Waals surface area contributed by atoms with Crippen LogP contribution in [0.1, 0.15) is 58.4 Å². The molecule has 0 aliphatic heterocycles. The summed E-state index contributed by atoms with van der Waals surface area (Å²) in [6.45, 7) is 4.03. The summed E-state index contributed by atoms with van der Waals surface area (Å²) in [4.78, 5) is 23.4. The number of carbonyl (C=O) groups is 1. The molecule has 2 fully saturated rings. The van der Waals surface area contributed by atoms with Crippen molar-refractivity contribution in [2.45, 2.75) is 51.5 Å². The number of hydrogen-bond acceptors (Lipinski definition) is 4. The number of aromatic nitrogens is 2. The van der Waals surface area contributed by atoms with Gasteiger partial charge < -0.3 is 5.32 Å². The summed E-state index contributed by atoms with van der Waals surface area (Å²) >= 11 is 1.51. The lowest BCUT2D eigenvalue weighted by atomic mass is 10.1. The highest BCUT2D eigenvalue weighted by Gasteiger charge is 2.29. The van der Waals surface area contributed by atoms with Gasteiger partial charge in [0.1, 0.15) is 10.7 Å². The maximum absolute atomic E-state index is 12.3. The van der Waals surface area contributed by atoms with Crippen molar-refractivity contribution < 1.29 is 4.79 Å². The molecule has 2 aliphatic rings. The van der Waals surface area contributed by atoms with Gasteiger partial charge in [0.05, 0.1) is 10.6 Å². The lowest BCUT2D eigenvalue weighted by Gasteiger charge is -2.02. The predicted octanol–water partition coefficient (Wildman–Crippen LogP) is 3.08. The number of hydrogen-bond donors (Lipinski definition) is 1. The summed E-state index contributed by atoms with van der Waals surface area (Å²) in [5.74, 6) is 1.56. The molecule has 1 N–H and O–H groups in total. The summed E-state index contributed by atoms with van der Waals surface area (Å²) in [6.07, 6.45) is 4.62. The second-order valence-corrected chi connectivity index (χ2v) is 6.92. The monoisotopic (exact) mass is 287 g/mol. The number of carbonyl (C=O) groups excluding carboxylic acids is 1. The highest BCUT2D eigenvalue weighted by Crippen LogP contribution is 2.40. The zero-order valence-corrected chi connectivity index (χ0v) is 12.5. The van der Waals surface area contributed by atoms with E-state index in [1.54, 1.807) is 0 Å². The SMILES string of the molecule is Cc1nc(C2CC2)nc2sc(C(=O)NC3CC3)c(C)c12. The topological polar surface area (TPSA) is 54.9 Å². The van der Waals surface area contributed by atoms with Crippen LogP contribution in [0.4, 0.5) is 0 Å². The first kappa shape index (κ1) is 12.3. The second-order valence-electron chi connectivity index (χ2n) is 5.93. The zero-order valence-electron chi connectivity index (χ0n) is 11.7. The van der Waals surface area contributed by atoms with E-state index in [0.717, 1.165) is 45.0 Å². The van der Waals surface area contributed by atoms with Gasteiger partial charge in [-0.1, -0.05) is 0 Å². The smallest absolute Gasteiger partial charge is 0.261 e. The van der Waals surface area contributed by atoms with Gasteiger partial charge >= 0.3 is 0 Å². The third-order valence-corrected chi connectivity index (χ3v) is 5.23. The minimum atomic E-state index is 0.0559. The number of aryl methyl sites for hydroxylation is 2. The number of amides is 1. The predicted molar refractivity (Wildman–Crippen MR) is 79.4 cm³/mol. The minimum Gasteiger partial charge on any atom is -0.349 e. The fourth-order valence-electron chi connectivity index (χ4n) is 2.58. The number of thiophene rings is 1. The molecule has 5 heteroatoms. The van der Waals surface area contributed by atoms with Crippen LogP contribution in [0.5, 0.6) is 0 Å². The third kappa shape index (κ3) is 2.00. The van der Waals surface area contributed by atoms with E-state index in [1.165, 1.54) is 24.2 Å². The van der Waals surface area contributed by atoms with E-state index in [0.29, 0.717) is 12.0 Å². The van der Waals surface area contributed by atoms with E-state index in [2.05, 4.69) is 15.3 Å². The average Bonchev–Trinajstić information content (AvgIpc) is 3.29. The van der Waals surface area contributed by atoms with Crippen LogP contribution in [0, 0.1) is 13.8 Å². The highest BCUT2D eigenvalue weighted by molar-refractivity contribution is 7.20. The molecule has 0 radical (unpaired) electrons. The lowest BCUT2D eigenvalue weighted by molar-refractivity contribution is 0.0954. The van der Waals surface area contributed by atoms with Gasteiger partial charge in [-0.3, -0.25) is 4.79 Å². The van der Waals surface area contributed by atoms with Gasteiger partial charge in [-0.2, -0.15) is 0 Å². The molecule has 4 rings (SSSR count). The number of rotatable bonds is 3. The molecule has 0 unspecified atom stereocenters. The van der Waals surface area contributed by atoms with Crippen molar-refractivity contribution in [3.63, 3.8) is 0 Å². The van der Waals surface area contributed by atoms with Crippen molar-refractivity contribution in [1.29, 1.82) is 0 Å². The largest absolute Gasteiger partial charge is 0.349 e. The molecular weight excluding hydrogens is 270 g/mol. The zero-order chi connectivity index (χ0) is 13.9. The van der Waals surface area contributed by atoms with Crippen LogP contribution < -0.4 is 5.32 Å². The highest BCUT2D eigenvalue weighted by atomic mass is 32.1. The van der Waals surface area contributed by atoms with Crippen molar-refractivity contribution >= 4 is 27.5 Å². The van der Waals surface area contributed by atoms with Gasteiger partial charge in [0, 0.05) is 17.3 Å². The Morgan fingerprint density at radius 2 is 1.95 bits per heavy atom. The minimum absolute atomic E-state index is 0.0559. The quantitative estimate of drug-likeness (QED) is 0.944. The second kappa shape index (κ2) is 4.25. The molecule has 20 heavy (non-hydrogen) atoms. The Balaban J connectivity index is 1.79. The number of nitrogens with zero attached hydrogens (tertiary/aromatic N) is 2. The molecule has 1 amide bonds. The summed E-state index contributed by atoms with van der Waals surface area (Å²) in [6, 6.07) is 0.390. The fourth-order valence-corrected chi connectivity index (χ4v) is 3.72. The normalized spacial score (nSPS) is 18.5. The summed E-state index contributed by atoms with van der Waals surface area (Å²) in [5, 5.41) is 4.13. The summed E-state index contributed by atoms with van der Waals surface area (Å²) in [5.41, 5.74) is 2.04. The Kier molecular flexibility index (Phi) is 2.61. The Hall–Kier alpha value is -1.49. The molecule has 2 aromatic heterocycles. The van der Waals surface area contributed by atoms with E-state index in [9.17, 15) is 4.79 Å². The van der Waals surface area contributed by atoms with Crippen LogP contribution in [0.2, 0.25) is 0 Å². The van der Waals surface area contributed by atoms with Crippen molar-refractivity contribution in [3.8, 4) is 0 Å². The van der Waals surface area contributed by atoms with Crippen molar-refractivity contribution in [1.82, 2.24) is 15.3 Å². The molecule has 0 atom stereocenters. The number of nitrogens with one attached hydrogen (secondary N) is 1. The van der Waals surface area contributed by atoms with Crippen LogP contribution in [0.15, 0.2) is 0 Å². The Labute approximate surface area is 121 Å². The van der Waals surface area contributed by atoms with E-state index in [1.807, 2.05) is 13.8 Å². The maximum atomic E-state index is 12.3. The van der Waals surface area contributed by atoms with Crippen LogP contribution >= 0.6 is 11.3 Å². The molecular formula is C15H17N3OS. The van der Waals surface area contributed by atoms with E-state index in [4.69, 9.17) is 0 Å². The van der Waals surface area contributed by atoms with Crippen molar-refractivity contribution in [2.75, 3.05) is 0 Å². The fraction of sp³-hybridized carbons (Fsp3) is 0.533. The molecule has 2 saturated carbocycles. The Bertz CT molecular complexity index is 713. The van der Waals surface area contributed by atoms with Crippen LogP contribution in [0.25, 0.3) is 10.2 Å². The van der Waals surface area contributed by atoms with E-state index < -0.39 is 0 Å². The summed E-state index contributed by atoms with van der Waals surface area (Å²) < 4.78 is 0. The Morgan fingerprint density at radius 1 is 1.20 bits per heavy atom. The lowest BCUT2D eigenvalue weighted by Crippen LogP contribution is -2.24. The Morgan fingerprint density at radius 3 is 2.60 bits per heavy atom. The molecule has 0 bridgehead atoms. The van der Waals surface area contributed by atoms with Gasteiger partial charge in [-0.05, 0) is 45.1 Å². The van der Waals surface area contributed by atoms with Gasteiger partial charge in [0.2, 0.25) is 0 Å². The van der Waals surface area contributed by atoms with E-state index >= 15 is 0 Å². The molecule has 2 aromatic rings. The standard InChI is InChI=1S/C15H17N3OS/c1-7-11-8(2)16-13(9-3-4-9)18-15(11)20-12(7)14(19)17-10-5-6-10/h9-10H,3-6H2,1-2H3,(H,17,19). The molecule has 104 valence electrons. The van der Waals surface area contributed by atoms with E-state index in [-0.39, 0.29) is 5.91 Å². The van der Waals surface area contributed by atoms with Crippen molar-refractivity contribution in [3.05, 3.63) is 22.0 Å². The first-order valence-electron chi connectivity index (χ1n) is 7.22. The van der Waals surface area contributed by atoms with Crippen LogP contribution in [0.3, 0.4) is 0 Å². The van der Waals surface area contributed by atoms with Crippen LogP contribution in [-0.2, 0) is 0 Å². The third-order valence-electron chi connectivity index (χ3n) is 4.05. The molecule has 4 nitrogen and oxygen atoms in total. The maximum Gasteiger partial charge on any atom is 0.261 e. The van der Waals surface area contributed by atoms with Gasteiger partial charge in [-0.25, -0.2) is 9.97 Å². The first-order chi connectivity index (χ1) is 9.63. The first-order valence-corrected chi connectivity index (χ1v) is 8.03. The summed E-state index contributed by atoms with van der Waals surface area (Å²) in [7, 11) is 0. The number of fused-ring (bicyclic) bond motifs is 1. The van der Waals surface area contributed by atoms with Gasteiger partial charge in [0.15, 0.2) is 0 Å². The molecule has 0 aromatic carbocycles. The molecule has 0 spiro atoms. The average molecular weight is 287 g/mol. The molecule has 2 aliphatic carbocycles. The van der Waals surface area contributed by atoms with Gasteiger partial charge in [0.25, 0.3) is 5.91 Å².